The normalized spacial score (nSPS) is 18.9. The van der Waals surface area contributed by atoms with Gasteiger partial charge in [0.25, 0.3) is 0 Å². The lowest BCUT2D eigenvalue weighted by molar-refractivity contribution is -0.118. The lowest BCUT2D eigenvalue weighted by Crippen LogP contribution is -2.27. The number of nitrogens with zero attached hydrogens (tertiary/aromatic N) is 5. The molecule has 2 atom stereocenters. The number of amides is 1. The van der Waals surface area contributed by atoms with Crippen LogP contribution >= 0.6 is 0 Å². The number of carbonyl (C=O) groups is 1. The maximum Gasteiger partial charge on any atom is 0.248 e. The van der Waals surface area contributed by atoms with Crippen molar-refractivity contribution in [2.45, 2.75) is 31.1 Å². The molecule has 1 aliphatic rings. The standard InChI is InChI=1S/C20H19F3N6O/c1-29-27-18(26-28-29)13-4-2-12(3-5-13)17(14-8-9-20(22,23)10-14)19(30)25-15-6-7-16(21)24-11-15/h2-7,11,14,17H,8-10H2,1H3,(H,25,30). The van der Waals surface area contributed by atoms with E-state index in [0.717, 1.165) is 6.07 Å². The van der Waals surface area contributed by atoms with Gasteiger partial charge in [-0.2, -0.15) is 9.19 Å². The third kappa shape index (κ3) is 4.32. The van der Waals surface area contributed by atoms with E-state index in [4.69, 9.17) is 0 Å². The second kappa shape index (κ2) is 7.85. The summed E-state index contributed by atoms with van der Waals surface area (Å²) >= 11 is 0. The number of nitrogens with one attached hydrogen (secondary N) is 1. The van der Waals surface area contributed by atoms with Crippen molar-refractivity contribution >= 4 is 11.6 Å². The molecule has 3 aromatic rings. The number of tetrazole rings is 1. The van der Waals surface area contributed by atoms with Crippen LogP contribution in [0.2, 0.25) is 0 Å². The van der Waals surface area contributed by atoms with Crippen molar-refractivity contribution in [3.63, 3.8) is 0 Å². The lowest BCUT2D eigenvalue weighted by atomic mass is 9.83. The zero-order valence-electron chi connectivity index (χ0n) is 16.1. The molecule has 0 bridgehead atoms. The second-order valence-corrected chi connectivity index (χ2v) is 7.42. The Balaban J connectivity index is 1.61. The van der Waals surface area contributed by atoms with Gasteiger partial charge in [-0.15, -0.1) is 10.2 Å². The molecule has 30 heavy (non-hydrogen) atoms. The van der Waals surface area contributed by atoms with Crippen molar-refractivity contribution in [3.8, 4) is 11.4 Å². The Morgan fingerprint density at radius 1 is 1.23 bits per heavy atom. The molecular weight excluding hydrogens is 397 g/mol. The van der Waals surface area contributed by atoms with Crippen molar-refractivity contribution in [1.29, 1.82) is 0 Å². The molecule has 1 fully saturated rings. The van der Waals surface area contributed by atoms with E-state index < -0.39 is 29.6 Å². The summed E-state index contributed by atoms with van der Waals surface area (Å²) in [6, 6.07) is 9.41. The van der Waals surface area contributed by atoms with Crippen molar-refractivity contribution < 1.29 is 18.0 Å². The van der Waals surface area contributed by atoms with Crippen molar-refractivity contribution in [1.82, 2.24) is 25.2 Å². The molecule has 10 heteroatoms. The van der Waals surface area contributed by atoms with Crippen LogP contribution in [0.1, 0.15) is 30.7 Å². The SMILES string of the molecule is Cn1nnc(-c2ccc(C(C(=O)Nc3ccc(F)nc3)C3CCC(F)(F)C3)cc2)n1. The van der Waals surface area contributed by atoms with Gasteiger partial charge in [-0.05, 0) is 35.2 Å². The number of rotatable bonds is 5. The fraction of sp³-hybridized carbons (Fsp3) is 0.350. The first kappa shape index (κ1) is 20.0. The highest BCUT2D eigenvalue weighted by Gasteiger charge is 2.45. The number of aromatic nitrogens is 5. The number of halogens is 3. The molecule has 7 nitrogen and oxygen atoms in total. The topological polar surface area (TPSA) is 85.6 Å². The molecule has 1 amide bonds. The van der Waals surface area contributed by atoms with Crippen LogP contribution in [0, 0.1) is 11.9 Å². The van der Waals surface area contributed by atoms with E-state index in [9.17, 15) is 18.0 Å². The van der Waals surface area contributed by atoms with E-state index in [-0.39, 0.29) is 19.3 Å². The summed E-state index contributed by atoms with van der Waals surface area (Å²) in [6.45, 7) is 0. The summed E-state index contributed by atoms with van der Waals surface area (Å²) in [4.78, 5) is 17.9. The molecule has 2 unspecified atom stereocenters. The van der Waals surface area contributed by atoms with Gasteiger partial charge in [0.05, 0.1) is 24.8 Å². The van der Waals surface area contributed by atoms with E-state index in [2.05, 4.69) is 25.7 Å². The predicted molar refractivity (Wildman–Crippen MR) is 102 cm³/mol. The number of hydrogen-bond acceptors (Lipinski definition) is 5. The molecular formula is C20H19F3N6O. The predicted octanol–water partition coefficient (Wildman–Crippen LogP) is 3.57. The highest BCUT2D eigenvalue weighted by Crippen LogP contribution is 2.45. The Hall–Kier alpha value is -3.30. The van der Waals surface area contributed by atoms with Crippen LogP contribution in [0.3, 0.4) is 0 Å². The van der Waals surface area contributed by atoms with E-state index >= 15 is 0 Å². The molecule has 0 aliphatic heterocycles. The molecule has 2 aromatic heterocycles. The average Bonchev–Trinajstić information content (AvgIpc) is 3.29. The quantitative estimate of drug-likeness (QED) is 0.643. The molecule has 1 aliphatic carbocycles. The third-order valence-electron chi connectivity index (χ3n) is 5.23. The van der Waals surface area contributed by atoms with Gasteiger partial charge in [0.1, 0.15) is 0 Å². The van der Waals surface area contributed by atoms with E-state index in [0.29, 0.717) is 22.6 Å². The maximum atomic E-state index is 13.9. The Labute approximate surface area is 170 Å². The molecule has 1 N–H and O–H groups in total. The highest BCUT2D eigenvalue weighted by atomic mass is 19.3. The van der Waals surface area contributed by atoms with Crippen LogP contribution in [-0.2, 0) is 11.8 Å². The van der Waals surface area contributed by atoms with Gasteiger partial charge in [-0.25, -0.2) is 13.8 Å². The summed E-state index contributed by atoms with van der Waals surface area (Å²) in [5, 5.41) is 14.5. The van der Waals surface area contributed by atoms with Crippen molar-refractivity contribution in [3.05, 3.63) is 54.1 Å². The molecule has 1 aromatic carbocycles. The summed E-state index contributed by atoms with van der Waals surface area (Å²) in [5.74, 6) is -4.77. The molecule has 156 valence electrons. The monoisotopic (exact) mass is 416 g/mol. The first-order chi connectivity index (χ1) is 14.3. The van der Waals surface area contributed by atoms with Gasteiger partial charge < -0.3 is 5.32 Å². The molecule has 2 heterocycles. The van der Waals surface area contributed by atoms with Crippen LogP contribution in [-0.4, -0.2) is 37.0 Å². The van der Waals surface area contributed by atoms with E-state index in [1.54, 1.807) is 31.3 Å². The van der Waals surface area contributed by atoms with Crippen LogP contribution in [0.4, 0.5) is 18.9 Å². The van der Waals surface area contributed by atoms with Crippen molar-refractivity contribution in [2.24, 2.45) is 13.0 Å². The fourth-order valence-corrected chi connectivity index (χ4v) is 3.82. The zero-order valence-corrected chi connectivity index (χ0v) is 16.1. The minimum Gasteiger partial charge on any atom is -0.324 e. The fourth-order valence-electron chi connectivity index (χ4n) is 3.82. The van der Waals surface area contributed by atoms with Gasteiger partial charge in [0.15, 0.2) is 0 Å². The summed E-state index contributed by atoms with van der Waals surface area (Å²) in [5.41, 5.74) is 1.61. The Kier molecular flexibility index (Phi) is 5.23. The Morgan fingerprint density at radius 3 is 2.57 bits per heavy atom. The van der Waals surface area contributed by atoms with Gasteiger partial charge in [-0.3, -0.25) is 4.79 Å². The van der Waals surface area contributed by atoms with Crippen LogP contribution in [0.15, 0.2) is 42.6 Å². The van der Waals surface area contributed by atoms with Gasteiger partial charge in [0, 0.05) is 18.4 Å². The second-order valence-electron chi connectivity index (χ2n) is 7.42. The first-order valence-electron chi connectivity index (χ1n) is 9.45. The van der Waals surface area contributed by atoms with Crippen LogP contribution in [0.5, 0.6) is 0 Å². The number of pyridine rings is 1. The summed E-state index contributed by atoms with van der Waals surface area (Å²) in [6.07, 6.45) is 0.817. The molecule has 0 saturated heterocycles. The average molecular weight is 416 g/mol. The highest BCUT2D eigenvalue weighted by molar-refractivity contribution is 5.96. The smallest absolute Gasteiger partial charge is 0.248 e. The molecule has 4 rings (SSSR count). The number of alkyl halides is 2. The number of aryl methyl sites for hydroxylation is 1. The largest absolute Gasteiger partial charge is 0.324 e. The Bertz CT molecular complexity index is 1040. The van der Waals surface area contributed by atoms with Gasteiger partial charge >= 0.3 is 0 Å². The first-order valence-corrected chi connectivity index (χ1v) is 9.45. The molecule has 0 radical (unpaired) electrons. The number of benzene rings is 1. The van der Waals surface area contributed by atoms with Gasteiger partial charge in [-0.1, -0.05) is 24.3 Å². The number of hydrogen-bond donors (Lipinski definition) is 1. The van der Waals surface area contributed by atoms with Crippen LogP contribution in [0.25, 0.3) is 11.4 Å². The maximum absolute atomic E-state index is 13.9. The third-order valence-corrected chi connectivity index (χ3v) is 5.23. The summed E-state index contributed by atoms with van der Waals surface area (Å²) in [7, 11) is 1.65. The molecule has 0 spiro atoms. The molecule has 1 saturated carbocycles. The van der Waals surface area contributed by atoms with E-state index in [1.165, 1.54) is 17.1 Å². The van der Waals surface area contributed by atoms with E-state index in [1.807, 2.05) is 0 Å². The van der Waals surface area contributed by atoms with Crippen LogP contribution < -0.4 is 5.32 Å². The minimum atomic E-state index is -2.79. The minimum absolute atomic E-state index is 0.236. The van der Waals surface area contributed by atoms with Gasteiger partial charge in [0.2, 0.25) is 23.6 Å². The lowest BCUT2D eigenvalue weighted by Gasteiger charge is -2.23. The summed E-state index contributed by atoms with van der Waals surface area (Å²) < 4.78 is 40.8. The Morgan fingerprint density at radius 2 is 2.00 bits per heavy atom. The number of anilines is 1. The van der Waals surface area contributed by atoms with Crippen molar-refractivity contribution in [2.75, 3.05) is 5.32 Å². The number of carbonyl (C=O) groups excluding carboxylic acids is 1. The zero-order chi connectivity index (χ0) is 21.3.